The van der Waals surface area contributed by atoms with Gasteiger partial charge in [0.2, 0.25) is 5.95 Å². The Morgan fingerprint density at radius 1 is 1.27 bits per heavy atom. The normalized spacial score (nSPS) is 11.4. The Balaban J connectivity index is 2.05. The Morgan fingerprint density at radius 2 is 2.05 bits per heavy atom. The number of aromatic amines is 1. The molecule has 120 valence electrons. The van der Waals surface area contributed by atoms with Gasteiger partial charge in [-0.15, -0.1) is 0 Å². The largest absolute Gasteiger partial charge is 0.353 e. The molecular formula is C16H26N6. The highest BCUT2D eigenvalue weighted by Gasteiger charge is 2.12. The van der Waals surface area contributed by atoms with E-state index in [0.29, 0.717) is 11.9 Å². The van der Waals surface area contributed by atoms with Crippen molar-refractivity contribution in [2.45, 2.75) is 33.6 Å². The van der Waals surface area contributed by atoms with E-state index < -0.39 is 0 Å². The molecule has 0 aliphatic rings. The average Bonchev–Trinajstić information content (AvgIpc) is 3.02. The van der Waals surface area contributed by atoms with Crippen LogP contribution in [-0.4, -0.2) is 51.2 Å². The van der Waals surface area contributed by atoms with Crippen LogP contribution < -0.4 is 5.32 Å². The zero-order chi connectivity index (χ0) is 15.9. The highest BCUT2D eigenvalue weighted by Crippen LogP contribution is 2.25. The first-order valence-corrected chi connectivity index (χ1v) is 7.98. The van der Waals surface area contributed by atoms with E-state index in [9.17, 15) is 0 Å². The number of anilines is 1. The van der Waals surface area contributed by atoms with Gasteiger partial charge in [0.15, 0.2) is 0 Å². The van der Waals surface area contributed by atoms with Crippen LogP contribution in [0.3, 0.4) is 0 Å². The molecule has 0 amide bonds. The van der Waals surface area contributed by atoms with Gasteiger partial charge in [0.1, 0.15) is 0 Å². The molecule has 0 fully saturated rings. The lowest BCUT2D eigenvalue weighted by molar-refractivity contribution is 0.316. The first-order chi connectivity index (χ1) is 10.7. The summed E-state index contributed by atoms with van der Waals surface area (Å²) < 4.78 is 0. The van der Waals surface area contributed by atoms with E-state index in [1.165, 1.54) is 0 Å². The fraction of sp³-hybridized carbons (Fsp3) is 0.562. The number of hydrogen-bond donors (Lipinski definition) is 2. The minimum atomic E-state index is 0.381. The summed E-state index contributed by atoms with van der Waals surface area (Å²) in [4.78, 5) is 11.3. The van der Waals surface area contributed by atoms with Crippen molar-refractivity contribution in [2.24, 2.45) is 0 Å². The predicted octanol–water partition coefficient (Wildman–Crippen LogP) is 2.74. The number of H-pyrrole nitrogens is 1. The zero-order valence-corrected chi connectivity index (χ0v) is 13.9. The van der Waals surface area contributed by atoms with Gasteiger partial charge in [-0.05, 0) is 25.1 Å². The van der Waals surface area contributed by atoms with E-state index in [2.05, 4.69) is 58.1 Å². The van der Waals surface area contributed by atoms with Crippen LogP contribution in [0.25, 0.3) is 11.3 Å². The molecule has 0 unspecified atom stereocenters. The lowest BCUT2D eigenvalue weighted by atomic mass is 10.0. The van der Waals surface area contributed by atoms with Crippen molar-refractivity contribution in [2.75, 3.05) is 31.5 Å². The summed E-state index contributed by atoms with van der Waals surface area (Å²) in [5.74, 6) is 1.05. The molecule has 2 rings (SSSR count). The lowest BCUT2D eigenvalue weighted by Crippen LogP contribution is -2.28. The topological polar surface area (TPSA) is 69.7 Å². The molecule has 0 bridgehead atoms. The van der Waals surface area contributed by atoms with Crippen molar-refractivity contribution >= 4 is 5.95 Å². The molecule has 0 aliphatic heterocycles. The van der Waals surface area contributed by atoms with E-state index in [4.69, 9.17) is 0 Å². The summed E-state index contributed by atoms with van der Waals surface area (Å²) in [6, 6.07) is 1.92. The van der Waals surface area contributed by atoms with Crippen LogP contribution in [0.2, 0.25) is 0 Å². The maximum absolute atomic E-state index is 4.61. The molecule has 2 aromatic rings. The smallest absolute Gasteiger partial charge is 0.223 e. The van der Waals surface area contributed by atoms with Crippen LogP contribution in [0.5, 0.6) is 0 Å². The second-order valence-electron chi connectivity index (χ2n) is 5.57. The highest BCUT2D eigenvalue weighted by atomic mass is 15.2. The molecular weight excluding hydrogens is 276 g/mol. The first kappa shape index (κ1) is 16.4. The molecule has 0 saturated carbocycles. The molecule has 0 saturated heterocycles. The van der Waals surface area contributed by atoms with E-state index in [1.54, 1.807) is 6.20 Å². The van der Waals surface area contributed by atoms with Gasteiger partial charge in [-0.1, -0.05) is 27.7 Å². The van der Waals surface area contributed by atoms with Crippen molar-refractivity contribution in [1.82, 2.24) is 25.1 Å². The number of rotatable bonds is 8. The summed E-state index contributed by atoms with van der Waals surface area (Å²) in [5, 5.41) is 10.5. The molecule has 2 N–H and O–H groups in total. The number of hydrogen-bond acceptors (Lipinski definition) is 5. The quantitative estimate of drug-likeness (QED) is 0.784. The van der Waals surface area contributed by atoms with Gasteiger partial charge in [0.05, 0.1) is 11.9 Å². The second kappa shape index (κ2) is 7.89. The van der Waals surface area contributed by atoms with Crippen LogP contribution in [0.15, 0.2) is 18.5 Å². The van der Waals surface area contributed by atoms with Crippen LogP contribution >= 0.6 is 0 Å². The van der Waals surface area contributed by atoms with Gasteiger partial charge in [-0.3, -0.25) is 5.10 Å². The Hall–Kier alpha value is -1.95. The fourth-order valence-electron chi connectivity index (χ4n) is 2.40. The van der Waals surface area contributed by atoms with E-state index >= 15 is 0 Å². The molecule has 0 radical (unpaired) electrons. The summed E-state index contributed by atoms with van der Waals surface area (Å²) in [6.45, 7) is 12.6. The monoisotopic (exact) mass is 302 g/mol. The van der Waals surface area contributed by atoms with E-state index in [1.807, 2.05) is 12.3 Å². The van der Waals surface area contributed by atoms with Gasteiger partial charge in [0, 0.05) is 30.5 Å². The lowest BCUT2D eigenvalue weighted by Gasteiger charge is -2.18. The SMILES string of the molecule is CCN(CC)CCNc1nccc(-c2cn[nH]c2C(C)C)n1. The van der Waals surface area contributed by atoms with Crippen LogP contribution in [0.1, 0.15) is 39.3 Å². The zero-order valence-electron chi connectivity index (χ0n) is 13.9. The van der Waals surface area contributed by atoms with Gasteiger partial charge >= 0.3 is 0 Å². The molecule has 0 aromatic carbocycles. The third-order valence-corrected chi connectivity index (χ3v) is 3.78. The van der Waals surface area contributed by atoms with Gasteiger partial charge in [0.25, 0.3) is 0 Å². The third-order valence-electron chi connectivity index (χ3n) is 3.78. The Morgan fingerprint density at radius 3 is 2.73 bits per heavy atom. The Labute approximate surface area is 132 Å². The van der Waals surface area contributed by atoms with Crippen LogP contribution in [0.4, 0.5) is 5.95 Å². The van der Waals surface area contributed by atoms with Gasteiger partial charge in [-0.25, -0.2) is 9.97 Å². The molecule has 0 atom stereocenters. The summed E-state index contributed by atoms with van der Waals surface area (Å²) in [5.41, 5.74) is 3.05. The fourth-order valence-corrected chi connectivity index (χ4v) is 2.40. The van der Waals surface area contributed by atoms with Crippen molar-refractivity contribution in [1.29, 1.82) is 0 Å². The van der Waals surface area contributed by atoms with Crippen molar-refractivity contribution < 1.29 is 0 Å². The molecule has 2 aromatic heterocycles. The molecule has 22 heavy (non-hydrogen) atoms. The number of likely N-dealkylation sites (N-methyl/N-ethyl adjacent to an activating group) is 1. The van der Waals surface area contributed by atoms with Crippen LogP contribution in [0, 0.1) is 0 Å². The molecule has 6 nitrogen and oxygen atoms in total. The minimum Gasteiger partial charge on any atom is -0.353 e. The maximum atomic E-state index is 4.61. The van der Waals surface area contributed by atoms with Gasteiger partial charge < -0.3 is 10.2 Å². The molecule has 0 aliphatic carbocycles. The average molecular weight is 302 g/mol. The first-order valence-electron chi connectivity index (χ1n) is 7.98. The predicted molar refractivity (Wildman–Crippen MR) is 90.0 cm³/mol. The van der Waals surface area contributed by atoms with Crippen LogP contribution in [-0.2, 0) is 0 Å². The number of nitrogens with zero attached hydrogens (tertiary/aromatic N) is 4. The summed E-state index contributed by atoms with van der Waals surface area (Å²) in [6.07, 6.45) is 3.62. The summed E-state index contributed by atoms with van der Waals surface area (Å²) in [7, 11) is 0. The summed E-state index contributed by atoms with van der Waals surface area (Å²) >= 11 is 0. The Kier molecular flexibility index (Phi) is 5.89. The van der Waals surface area contributed by atoms with Crippen molar-refractivity contribution in [3.8, 4) is 11.3 Å². The van der Waals surface area contributed by atoms with Crippen molar-refractivity contribution in [3.63, 3.8) is 0 Å². The molecule has 6 heteroatoms. The minimum absolute atomic E-state index is 0.381. The highest BCUT2D eigenvalue weighted by molar-refractivity contribution is 5.62. The Bertz CT molecular complexity index is 574. The molecule has 0 spiro atoms. The van der Waals surface area contributed by atoms with E-state index in [0.717, 1.165) is 43.1 Å². The van der Waals surface area contributed by atoms with Gasteiger partial charge in [-0.2, -0.15) is 5.10 Å². The standard InChI is InChI=1S/C16H26N6/c1-5-22(6-2)10-9-18-16-17-8-7-14(20-16)13-11-19-21-15(13)12(3)4/h7-8,11-12H,5-6,9-10H2,1-4H3,(H,19,21)(H,17,18,20). The second-order valence-corrected chi connectivity index (χ2v) is 5.57. The maximum Gasteiger partial charge on any atom is 0.223 e. The number of aromatic nitrogens is 4. The third kappa shape index (κ3) is 4.04. The van der Waals surface area contributed by atoms with E-state index in [-0.39, 0.29) is 0 Å². The number of nitrogens with one attached hydrogen (secondary N) is 2. The molecule has 2 heterocycles. The van der Waals surface area contributed by atoms with Crippen molar-refractivity contribution in [3.05, 3.63) is 24.2 Å².